The molecule has 0 spiro atoms. The lowest BCUT2D eigenvalue weighted by Crippen LogP contribution is -3.11. The number of hydrogen-bond donors (Lipinski definition) is 2. The highest BCUT2D eigenvalue weighted by molar-refractivity contribution is 5.67. The molecule has 5 nitrogen and oxygen atoms in total. The number of alkyl carbamates (subject to hydrolysis) is 1. The fourth-order valence-corrected chi connectivity index (χ4v) is 3.64. The lowest BCUT2D eigenvalue weighted by molar-refractivity contribution is -0.918. The van der Waals surface area contributed by atoms with Gasteiger partial charge in [0.15, 0.2) is 0 Å². The number of ether oxygens (including phenoxy) is 1. The van der Waals surface area contributed by atoms with Crippen LogP contribution < -0.4 is 15.1 Å². The third kappa shape index (κ3) is 5.47. The normalized spacial score (nSPS) is 15.3. The molecule has 1 saturated heterocycles. The first-order valence-electron chi connectivity index (χ1n) is 9.70. The molecule has 1 fully saturated rings. The first-order valence-corrected chi connectivity index (χ1v) is 9.70. The molecule has 0 radical (unpaired) electrons. The van der Waals surface area contributed by atoms with Gasteiger partial charge in [0.2, 0.25) is 0 Å². The van der Waals surface area contributed by atoms with Gasteiger partial charge in [-0.1, -0.05) is 42.5 Å². The summed E-state index contributed by atoms with van der Waals surface area (Å²) < 4.78 is 5.36. The van der Waals surface area contributed by atoms with Crippen molar-refractivity contribution in [2.45, 2.75) is 25.5 Å². The molecule has 2 aromatic rings. The predicted molar refractivity (Wildman–Crippen MR) is 108 cm³/mol. The molecule has 144 valence electrons. The van der Waals surface area contributed by atoms with E-state index >= 15 is 0 Å². The number of nitrogens with zero attached hydrogens (tertiary/aromatic N) is 1. The van der Waals surface area contributed by atoms with Gasteiger partial charge in [-0.2, -0.15) is 0 Å². The number of quaternary nitrogens is 1. The summed E-state index contributed by atoms with van der Waals surface area (Å²) in [6, 6.07) is 18.7. The predicted octanol–water partition coefficient (Wildman–Crippen LogP) is 2.40. The number of nitrogens with one attached hydrogen (secondary N) is 2. The maximum Gasteiger partial charge on any atom is 0.407 e. The second kappa shape index (κ2) is 9.42. The van der Waals surface area contributed by atoms with Crippen molar-refractivity contribution in [2.24, 2.45) is 0 Å². The fraction of sp³-hybridized carbons (Fsp3) is 0.409. The van der Waals surface area contributed by atoms with Crippen LogP contribution in [-0.2, 0) is 11.3 Å². The Hall–Kier alpha value is -2.53. The minimum Gasteiger partial charge on any atom is -0.445 e. The van der Waals surface area contributed by atoms with Crippen molar-refractivity contribution in [2.75, 3.05) is 38.6 Å². The Morgan fingerprint density at radius 2 is 1.74 bits per heavy atom. The van der Waals surface area contributed by atoms with Crippen LogP contribution in [0.3, 0.4) is 0 Å². The molecule has 0 aliphatic carbocycles. The van der Waals surface area contributed by atoms with Gasteiger partial charge in [0, 0.05) is 38.2 Å². The van der Waals surface area contributed by atoms with E-state index in [0.29, 0.717) is 13.2 Å². The maximum atomic E-state index is 12.2. The van der Waals surface area contributed by atoms with Crippen molar-refractivity contribution in [3.05, 3.63) is 65.7 Å². The van der Waals surface area contributed by atoms with Crippen LogP contribution >= 0.6 is 0 Å². The van der Waals surface area contributed by atoms with Crippen LogP contribution in [0.15, 0.2) is 54.6 Å². The summed E-state index contributed by atoms with van der Waals surface area (Å²) in [5.41, 5.74) is 3.44. The molecule has 2 aromatic carbocycles. The van der Waals surface area contributed by atoms with Crippen molar-refractivity contribution >= 4 is 11.8 Å². The molecule has 3 rings (SSSR count). The average Bonchev–Trinajstić information content (AvgIpc) is 3.22. The monoisotopic (exact) mass is 368 g/mol. The van der Waals surface area contributed by atoms with Crippen molar-refractivity contribution in [3.8, 4) is 0 Å². The Morgan fingerprint density at radius 3 is 2.37 bits per heavy atom. The van der Waals surface area contributed by atoms with Crippen LogP contribution in [-0.4, -0.2) is 39.8 Å². The number of carbonyl (C=O) groups excluding carboxylic acids is 1. The van der Waals surface area contributed by atoms with E-state index < -0.39 is 0 Å². The van der Waals surface area contributed by atoms with Gasteiger partial charge in [-0.25, -0.2) is 4.79 Å². The Bertz CT molecular complexity index is 710. The van der Waals surface area contributed by atoms with E-state index in [-0.39, 0.29) is 12.1 Å². The molecule has 1 aliphatic rings. The minimum atomic E-state index is -0.354. The highest BCUT2D eigenvalue weighted by atomic mass is 16.5. The summed E-state index contributed by atoms with van der Waals surface area (Å²) in [6.45, 7) is 3.19. The lowest BCUT2D eigenvalue weighted by Gasteiger charge is -2.25. The van der Waals surface area contributed by atoms with Crippen LogP contribution in [0.25, 0.3) is 0 Å². The van der Waals surface area contributed by atoms with Gasteiger partial charge < -0.3 is 19.9 Å². The Balaban J connectivity index is 1.59. The Labute approximate surface area is 161 Å². The molecule has 0 saturated carbocycles. The molecular weight excluding hydrogens is 338 g/mol. The van der Waals surface area contributed by atoms with E-state index in [0.717, 1.165) is 18.7 Å². The van der Waals surface area contributed by atoms with E-state index in [1.807, 2.05) is 44.4 Å². The largest absolute Gasteiger partial charge is 0.445 e. The SMILES string of the molecule is CN(C)c1ccc([C@@H](CNC(=O)OCc2ccccc2)[NH+]2CCCC2)cc1. The molecule has 1 amide bonds. The molecule has 5 heteroatoms. The number of amides is 1. The van der Waals surface area contributed by atoms with E-state index in [2.05, 4.69) is 34.5 Å². The van der Waals surface area contributed by atoms with Crippen molar-refractivity contribution in [1.82, 2.24) is 5.32 Å². The van der Waals surface area contributed by atoms with Gasteiger partial charge in [0.25, 0.3) is 0 Å². The maximum absolute atomic E-state index is 12.2. The quantitative estimate of drug-likeness (QED) is 0.789. The van der Waals surface area contributed by atoms with E-state index in [1.165, 1.54) is 29.0 Å². The van der Waals surface area contributed by atoms with Crippen LogP contribution in [0.1, 0.15) is 30.0 Å². The number of hydrogen-bond acceptors (Lipinski definition) is 3. The minimum absolute atomic E-state index is 0.257. The summed E-state index contributed by atoms with van der Waals surface area (Å²) in [6.07, 6.45) is 2.15. The summed E-state index contributed by atoms with van der Waals surface area (Å²) in [5.74, 6) is 0. The zero-order valence-electron chi connectivity index (χ0n) is 16.3. The topological polar surface area (TPSA) is 46.0 Å². The smallest absolute Gasteiger partial charge is 0.407 e. The standard InChI is InChI=1S/C22H29N3O2/c1-24(2)20-12-10-19(11-13-20)21(25-14-6-7-15-25)16-23-22(26)27-17-18-8-4-3-5-9-18/h3-5,8-13,21H,6-7,14-17H2,1-2H3,(H,23,26)/p+1/t21-/m1/s1. The second-order valence-corrected chi connectivity index (χ2v) is 7.35. The summed E-state index contributed by atoms with van der Waals surface area (Å²) in [7, 11) is 4.09. The molecule has 1 aliphatic heterocycles. The Kier molecular flexibility index (Phi) is 6.71. The van der Waals surface area contributed by atoms with Crippen LogP contribution in [0.2, 0.25) is 0 Å². The second-order valence-electron chi connectivity index (χ2n) is 7.35. The van der Waals surface area contributed by atoms with Gasteiger partial charge in [0.05, 0.1) is 19.6 Å². The summed E-state index contributed by atoms with van der Waals surface area (Å²) in [4.78, 5) is 15.8. The van der Waals surface area contributed by atoms with Gasteiger partial charge >= 0.3 is 6.09 Å². The summed E-state index contributed by atoms with van der Waals surface area (Å²) >= 11 is 0. The zero-order valence-corrected chi connectivity index (χ0v) is 16.3. The molecule has 0 bridgehead atoms. The number of benzene rings is 2. The molecule has 2 N–H and O–H groups in total. The molecular formula is C22H30N3O2+. The number of anilines is 1. The highest BCUT2D eigenvalue weighted by Crippen LogP contribution is 2.17. The third-order valence-corrected chi connectivity index (χ3v) is 5.21. The Morgan fingerprint density at radius 1 is 1.07 bits per heavy atom. The molecule has 0 aromatic heterocycles. The van der Waals surface area contributed by atoms with E-state index in [1.54, 1.807) is 0 Å². The van der Waals surface area contributed by atoms with Crippen molar-refractivity contribution < 1.29 is 14.4 Å². The third-order valence-electron chi connectivity index (χ3n) is 5.21. The molecule has 0 unspecified atom stereocenters. The molecule has 1 heterocycles. The van der Waals surface area contributed by atoms with E-state index in [9.17, 15) is 4.79 Å². The number of likely N-dealkylation sites (tertiary alicyclic amines) is 1. The first kappa shape index (κ1) is 19.2. The van der Waals surface area contributed by atoms with Gasteiger partial charge in [-0.05, 0) is 17.7 Å². The number of rotatable bonds is 7. The highest BCUT2D eigenvalue weighted by Gasteiger charge is 2.28. The fourth-order valence-electron chi connectivity index (χ4n) is 3.64. The average molecular weight is 369 g/mol. The van der Waals surface area contributed by atoms with Crippen molar-refractivity contribution in [3.63, 3.8) is 0 Å². The van der Waals surface area contributed by atoms with Crippen LogP contribution in [0.4, 0.5) is 10.5 Å². The van der Waals surface area contributed by atoms with Crippen LogP contribution in [0.5, 0.6) is 0 Å². The van der Waals surface area contributed by atoms with E-state index in [4.69, 9.17) is 4.74 Å². The van der Waals surface area contributed by atoms with Gasteiger partial charge in [-0.15, -0.1) is 0 Å². The first-order chi connectivity index (χ1) is 13.1. The zero-order chi connectivity index (χ0) is 19.1. The molecule has 27 heavy (non-hydrogen) atoms. The molecule has 1 atom stereocenters. The lowest BCUT2D eigenvalue weighted by atomic mass is 10.0. The number of carbonyl (C=O) groups is 1. The van der Waals surface area contributed by atoms with Crippen molar-refractivity contribution in [1.29, 1.82) is 0 Å². The summed E-state index contributed by atoms with van der Waals surface area (Å²) in [5, 5.41) is 2.97. The van der Waals surface area contributed by atoms with Gasteiger partial charge in [-0.3, -0.25) is 0 Å². The van der Waals surface area contributed by atoms with Crippen LogP contribution in [0, 0.1) is 0 Å². The van der Waals surface area contributed by atoms with Gasteiger partial charge in [0.1, 0.15) is 12.6 Å².